The number of sulfonamides is 1. The van der Waals surface area contributed by atoms with E-state index in [0.29, 0.717) is 13.1 Å². The Morgan fingerprint density at radius 1 is 1.19 bits per heavy atom. The minimum Gasteiger partial charge on any atom is -0.338 e. The molecule has 142 valence electrons. The number of fused-ring (bicyclic) bond motifs is 1. The van der Waals surface area contributed by atoms with Gasteiger partial charge in [0.1, 0.15) is 0 Å². The lowest BCUT2D eigenvalue weighted by Crippen LogP contribution is -2.41. The van der Waals surface area contributed by atoms with E-state index in [0.717, 1.165) is 23.6 Å². The first-order valence-corrected chi connectivity index (χ1v) is 9.97. The van der Waals surface area contributed by atoms with Gasteiger partial charge in [0.05, 0.1) is 4.90 Å². The third-order valence-electron chi connectivity index (χ3n) is 4.63. The minimum absolute atomic E-state index is 0. The standard InChI is InChI=1S/C18H23N3O3S.ClH/c19-13-16-6-3-11-21(16)18(22)9-10-20-25(23,24)17-8-7-14-4-1-2-5-15(14)12-17;/h1-2,4-5,7-8,12,16,20H,3,6,9-11,13,19H2;1H. The van der Waals surface area contributed by atoms with Crippen LogP contribution in [0.4, 0.5) is 0 Å². The maximum Gasteiger partial charge on any atom is 0.240 e. The van der Waals surface area contributed by atoms with Gasteiger partial charge in [-0.1, -0.05) is 30.3 Å². The van der Waals surface area contributed by atoms with E-state index < -0.39 is 10.0 Å². The molecular weight excluding hydrogens is 374 g/mol. The number of nitrogens with zero attached hydrogens (tertiary/aromatic N) is 1. The number of carbonyl (C=O) groups is 1. The summed E-state index contributed by atoms with van der Waals surface area (Å²) < 4.78 is 27.4. The zero-order chi connectivity index (χ0) is 17.9. The number of likely N-dealkylation sites (tertiary alicyclic amines) is 1. The lowest BCUT2D eigenvalue weighted by molar-refractivity contribution is -0.131. The van der Waals surface area contributed by atoms with E-state index in [1.54, 1.807) is 23.1 Å². The van der Waals surface area contributed by atoms with E-state index in [1.165, 1.54) is 0 Å². The van der Waals surface area contributed by atoms with Crippen LogP contribution in [0.15, 0.2) is 47.4 Å². The molecule has 0 spiro atoms. The topological polar surface area (TPSA) is 92.5 Å². The fourth-order valence-electron chi connectivity index (χ4n) is 3.26. The first kappa shape index (κ1) is 20.6. The summed E-state index contributed by atoms with van der Waals surface area (Å²) in [6, 6.07) is 12.7. The van der Waals surface area contributed by atoms with Gasteiger partial charge in [0.15, 0.2) is 0 Å². The van der Waals surface area contributed by atoms with Gasteiger partial charge in [-0.05, 0) is 35.7 Å². The quantitative estimate of drug-likeness (QED) is 0.778. The maximum atomic E-state index is 12.4. The summed E-state index contributed by atoms with van der Waals surface area (Å²) in [5.74, 6) is -0.0471. The van der Waals surface area contributed by atoms with Crippen molar-refractivity contribution in [2.45, 2.75) is 30.2 Å². The SMILES string of the molecule is Cl.NCC1CCCN1C(=O)CCNS(=O)(=O)c1ccc2ccccc2c1. The minimum atomic E-state index is -3.64. The molecule has 3 rings (SSSR count). The molecule has 6 nitrogen and oxygen atoms in total. The number of nitrogens with one attached hydrogen (secondary N) is 1. The van der Waals surface area contributed by atoms with Crippen molar-refractivity contribution in [1.29, 1.82) is 0 Å². The van der Waals surface area contributed by atoms with Crippen LogP contribution >= 0.6 is 12.4 Å². The van der Waals surface area contributed by atoms with E-state index in [1.807, 2.05) is 24.3 Å². The normalized spacial score (nSPS) is 17.3. The summed E-state index contributed by atoms with van der Waals surface area (Å²) in [7, 11) is -3.64. The summed E-state index contributed by atoms with van der Waals surface area (Å²) in [6.45, 7) is 1.24. The summed E-state index contributed by atoms with van der Waals surface area (Å²) >= 11 is 0. The number of rotatable bonds is 6. The third kappa shape index (κ3) is 4.54. The molecule has 0 aromatic heterocycles. The molecular formula is C18H24ClN3O3S. The number of halogens is 1. The van der Waals surface area contributed by atoms with Crippen molar-refractivity contribution in [2.24, 2.45) is 5.73 Å². The van der Waals surface area contributed by atoms with Gasteiger partial charge in [-0.2, -0.15) is 0 Å². The van der Waals surface area contributed by atoms with E-state index in [2.05, 4.69) is 4.72 Å². The Morgan fingerprint density at radius 3 is 2.65 bits per heavy atom. The summed E-state index contributed by atoms with van der Waals surface area (Å²) in [4.78, 5) is 14.2. The lowest BCUT2D eigenvalue weighted by atomic mass is 10.1. The molecule has 0 radical (unpaired) electrons. The largest absolute Gasteiger partial charge is 0.338 e. The van der Waals surface area contributed by atoms with Crippen molar-refractivity contribution >= 4 is 39.1 Å². The number of hydrogen-bond acceptors (Lipinski definition) is 4. The maximum absolute atomic E-state index is 12.4. The number of carbonyl (C=O) groups excluding carboxylic acids is 1. The van der Waals surface area contributed by atoms with Gasteiger partial charge in [0, 0.05) is 32.1 Å². The van der Waals surface area contributed by atoms with Crippen LogP contribution in [0.5, 0.6) is 0 Å². The van der Waals surface area contributed by atoms with Crippen LogP contribution in [-0.4, -0.2) is 44.9 Å². The summed E-state index contributed by atoms with van der Waals surface area (Å²) in [6.07, 6.45) is 2.02. The van der Waals surface area contributed by atoms with Crippen LogP contribution in [0.3, 0.4) is 0 Å². The van der Waals surface area contributed by atoms with Crippen LogP contribution in [0.2, 0.25) is 0 Å². The van der Waals surface area contributed by atoms with E-state index >= 15 is 0 Å². The first-order valence-electron chi connectivity index (χ1n) is 8.49. The molecule has 0 bridgehead atoms. The van der Waals surface area contributed by atoms with E-state index in [4.69, 9.17) is 5.73 Å². The van der Waals surface area contributed by atoms with Crippen molar-refractivity contribution in [3.05, 3.63) is 42.5 Å². The van der Waals surface area contributed by atoms with Crippen molar-refractivity contribution in [3.8, 4) is 0 Å². The van der Waals surface area contributed by atoms with E-state index in [9.17, 15) is 13.2 Å². The van der Waals surface area contributed by atoms with Gasteiger partial charge >= 0.3 is 0 Å². The molecule has 1 atom stereocenters. The zero-order valence-electron chi connectivity index (χ0n) is 14.4. The highest BCUT2D eigenvalue weighted by molar-refractivity contribution is 7.89. The summed E-state index contributed by atoms with van der Waals surface area (Å²) in [5, 5.41) is 1.85. The molecule has 3 N–H and O–H groups in total. The van der Waals surface area contributed by atoms with Crippen molar-refractivity contribution in [3.63, 3.8) is 0 Å². The van der Waals surface area contributed by atoms with Gasteiger partial charge < -0.3 is 10.6 Å². The van der Waals surface area contributed by atoms with Crippen LogP contribution < -0.4 is 10.5 Å². The Hall–Kier alpha value is -1.67. The number of nitrogens with two attached hydrogens (primary N) is 1. The predicted molar refractivity (Wildman–Crippen MR) is 105 cm³/mol. The third-order valence-corrected chi connectivity index (χ3v) is 6.09. The second-order valence-electron chi connectivity index (χ2n) is 6.28. The van der Waals surface area contributed by atoms with E-state index in [-0.39, 0.29) is 42.2 Å². The zero-order valence-corrected chi connectivity index (χ0v) is 16.1. The molecule has 2 aromatic rings. The molecule has 8 heteroatoms. The Bertz CT molecular complexity index is 873. The molecule has 1 aliphatic heterocycles. The van der Waals surface area contributed by atoms with Crippen LogP contribution in [0, 0.1) is 0 Å². The average Bonchev–Trinajstić information content (AvgIpc) is 3.10. The lowest BCUT2D eigenvalue weighted by Gasteiger charge is -2.23. The Labute approximate surface area is 160 Å². The smallest absolute Gasteiger partial charge is 0.240 e. The molecule has 0 aliphatic carbocycles. The summed E-state index contributed by atoms with van der Waals surface area (Å²) in [5.41, 5.74) is 5.68. The molecule has 0 saturated carbocycles. The van der Waals surface area contributed by atoms with Crippen molar-refractivity contribution in [2.75, 3.05) is 19.6 Å². The fraction of sp³-hybridized carbons (Fsp3) is 0.389. The monoisotopic (exact) mass is 397 g/mol. The molecule has 1 saturated heterocycles. The molecule has 2 aromatic carbocycles. The second-order valence-corrected chi connectivity index (χ2v) is 8.04. The van der Waals surface area contributed by atoms with Crippen molar-refractivity contribution < 1.29 is 13.2 Å². The second kappa shape index (κ2) is 8.81. The average molecular weight is 398 g/mol. The number of amides is 1. The van der Waals surface area contributed by atoms with Gasteiger partial charge in [-0.3, -0.25) is 4.79 Å². The van der Waals surface area contributed by atoms with Gasteiger partial charge in [0.2, 0.25) is 15.9 Å². The highest BCUT2D eigenvalue weighted by atomic mass is 35.5. The molecule has 1 fully saturated rings. The van der Waals surface area contributed by atoms with Gasteiger partial charge in [-0.25, -0.2) is 13.1 Å². The highest BCUT2D eigenvalue weighted by Gasteiger charge is 2.27. The van der Waals surface area contributed by atoms with Crippen LogP contribution in [0.1, 0.15) is 19.3 Å². The molecule has 1 unspecified atom stereocenters. The Morgan fingerprint density at radius 2 is 1.92 bits per heavy atom. The Kier molecular flexibility index (Phi) is 7.00. The molecule has 1 amide bonds. The van der Waals surface area contributed by atoms with Gasteiger partial charge in [0.25, 0.3) is 0 Å². The molecule has 1 heterocycles. The molecule has 26 heavy (non-hydrogen) atoms. The highest BCUT2D eigenvalue weighted by Crippen LogP contribution is 2.19. The number of hydrogen-bond donors (Lipinski definition) is 2. The first-order chi connectivity index (χ1) is 12.0. The predicted octanol–water partition coefficient (Wildman–Crippen LogP) is 1.88. The number of benzene rings is 2. The Balaban J connectivity index is 0.00000243. The van der Waals surface area contributed by atoms with Gasteiger partial charge in [-0.15, -0.1) is 12.4 Å². The fourth-order valence-corrected chi connectivity index (χ4v) is 4.33. The molecule has 1 aliphatic rings. The van der Waals surface area contributed by atoms with Crippen molar-refractivity contribution in [1.82, 2.24) is 9.62 Å². The van der Waals surface area contributed by atoms with Crippen LogP contribution in [-0.2, 0) is 14.8 Å². The van der Waals surface area contributed by atoms with Crippen LogP contribution in [0.25, 0.3) is 10.8 Å².